The van der Waals surface area contributed by atoms with E-state index in [1.54, 1.807) is 12.3 Å². The number of nitrogens with one attached hydrogen (secondary N) is 1. The number of amides is 1. The highest BCUT2D eigenvalue weighted by molar-refractivity contribution is 8.03. The van der Waals surface area contributed by atoms with Crippen molar-refractivity contribution in [3.8, 4) is 0 Å². The van der Waals surface area contributed by atoms with Crippen molar-refractivity contribution in [2.45, 2.75) is 36.2 Å². The highest BCUT2D eigenvalue weighted by Gasteiger charge is 2.49. The van der Waals surface area contributed by atoms with Crippen LogP contribution >= 0.6 is 23.4 Å². The van der Waals surface area contributed by atoms with Crippen molar-refractivity contribution in [3.05, 3.63) is 46.0 Å². The molecule has 1 unspecified atom stereocenters. The van der Waals surface area contributed by atoms with E-state index in [9.17, 15) is 22.2 Å². The third-order valence-corrected chi connectivity index (χ3v) is 8.15. The summed E-state index contributed by atoms with van der Waals surface area (Å²) in [5.41, 5.74) is 4.94. The number of pyridine rings is 1. The number of rotatable bonds is 5. The largest absolute Gasteiger partial charge is 0.433 e. The lowest BCUT2D eigenvalue weighted by molar-refractivity contribution is -0.141. The number of aromatic nitrogens is 1. The van der Waals surface area contributed by atoms with Crippen molar-refractivity contribution in [1.82, 2.24) is 4.98 Å². The smallest absolute Gasteiger partial charge is 0.386 e. The number of nitrogens with zero attached hydrogens (tertiary/aromatic N) is 2. The van der Waals surface area contributed by atoms with Crippen LogP contribution in [0.3, 0.4) is 0 Å². The van der Waals surface area contributed by atoms with Gasteiger partial charge in [-0.15, -0.1) is 11.8 Å². The van der Waals surface area contributed by atoms with Crippen molar-refractivity contribution >= 4 is 51.7 Å². The van der Waals surface area contributed by atoms with E-state index in [0.717, 1.165) is 43.2 Å². The van der Waals surface area contributed by atoms with Crippen LogP contribution in [0.2, 0.25) is 0 Å². The maximum Gasteiger partial charge on any atom is 0.433 e. The number of carbonyl (C=O) groups excluding carboxylic acids is 1. The Morgan fingerprint density at radius 2 is 2.13 bits per heavy atom. The monoisotopic (exact) mass is 492 g/mol. The molecule has 1 aliphatic heterocycles. The van der Waals surface area contributed by atoms with E-state index < -0.39 is 39.4 Å². The predicted molar refractivity (Wildman–Crippen MR) is 118 cm³/mol. The Labute approximate surface area is 189 Å². The number of anilines is 1. The minimum Gasteiger partial charge on any atom is -0.386 e. The molecule has 0 radical (unpaired) electrons. The molecule has 1 aromatic heterocycles. The molecular formula is C19H20ClF3N4O2S2. The zero-order valence-electron chi connectivity index (χ0n) is 16.4. The third-order valence-electron chi connectivity index (χ3n) is 5.04. The number of halogens is 4. The second-order valence-corrected chi connectivity index (χ2v) is 10.2. The van der Waals surface area contributed by atoms with Gasteiger partial charge in [0.2, 0.25) is 0 Å². The second kappa shape index (κ2) is 9.33. The van der Waals surface area contributed by atoms with Gasteiger partial charge >= 0.3 is 6.18 Å². The summed E-state index contributed by atoms with van der Waals surface area (Å²) in [6, 6.07) is 2.75. The van der Waals surface area contributed by atoms with Crippen LogP contribution < -0.4 is 11.1 Å². The zero-order chi connectivity index (χ0) is 22.8. The van der Waals surface area contributed by atoms with Gasteiger partial charge in [0.25, 0.3) is 5.91 Å². The molecule has 2 heterocycles. The number of allylic oxidation sites excluding steroid dienone is 2. The lowest BCUT2D eigenvalue weighted by Gasteiger charge is -2.43. The van der Waals surface area contributed by atoms with Gasteiger partial charge in [-0.1, -0.05) is 17.7 Å². The summed E-state index contributed by atoms with van der Waals surface area (Å²) in [5.74, 6) is -0.226. The highest BCUT2D eigenvalue weighted by Crippen LogP contribution is 2.40. The molecule has 31 heavy (non-hydrogen) atoms. The molecule has 1 amide bonds. The summed E-state index contributed by atoms with van der Waals surface area (Å²) in [7, 11) is -1.16. The van der Waals surface area contributed by atoms with Crippen molar-refractivity contribution in [3.63, 3.8) is 0 Å². The first-order valence-corrected chi connectivity index (χ1v) is 12.2. The third kappa shape index (κ3) is 5.32. The average molecular weight is 493 g/mol. The molecule has 2 atom stereocenters. The van der Waals surface area contributed by atoms with Gasteiger partial charge in [0.05, 0.1) is 16.7 Å². The van der Waals surface area contributed by atoms with E-state index in [1.807, 2.05) is 0 Å². The number of nitrogens with two attached hydrogens (primary N) is 1. The molecule has 3 N–H and O–H groups in total. The quantitative estimate of drug-likeness (QED) is 0.481. The van der Waals surface area contributed by atoms with Crippen LogP contribution in [0.1, 0.15) is 25.0 Å². The molecule has 1 aliphatic carbocycles. The first-order valence-electron chi connectivity index (χ1n) is 9.26. The Kier molecular flexibility index (Phi) is 7.17. The molecule has 1 aromatic rings. The van der Waals surface area contributed by atoms with E-state index in [4.69, 9.17) is 17.3 Å². The second-order valence-electron chi connectivity index (χ2n) is 7.07. The standard InChI is InChI=1S/C19H20ClF3N4O2S2/c1-30-13(16(28)27-15-5-2-4-14(26-15)19(21,22)23)9-11(20)8-12-10-31(29)18(6-3-7-18)17(24)25-12/h2,4-5,8-9,12H,3,6-7,10H2,1H3,(H2,24,25)(H,26,27,28)/b11-8-,13-9-/t12-,31?/m1/s1. The van der Waals surface area contributed by atoms with Crippen LogP contribution in [0.15, 0.2) is 45.3 Å². The summed E-state index contributed by atoms with van der Waals surface area (Å²) in [4.78, 5) is 20.4. The summed E-state index contributed by atoms with van der Waals surface area (Å²) < 4.78 is 50.5. The van der Waals surface area contributed by atoms with Gasteiger partial charge in [0.15, 0.2) is 0 Å². The molecule has 0 aromatic carbocycles. The molecular weight excluding hydrogens is 473 g/mol. The molecule has 12 heteroatoms. The van der Waals surface area contributed by atoms with Gasteiger partial charge in [-0.2, -0.15) is 13.2 Å². The van der Waals surface area contributed by atoms with Gasteiger partial charge in [-0.05, 0) is 49.8 Å². The molecule has 0 saturated heterocycles. The maximum absolute atomic E-state index is 12.8. The minimum atomic E-state index is -4.62. The van der Waals surface area contributed by atoms with E-state index in [1.165, 1.54) is 12.1 Å². The number of aliphatic imine (C=N–C) groups is 1. The fourth-order valence-electron chi connectivity index (χ4n) is 3.25. The lowest BCUT2D eigenvalue weighted by atomic mass is 9.83. The van der Waals surface area contributed by atoms with Crippen LogP contribution in [0.25, 0.3) is 0 Å². The number of thioether (sulfide) groups is 1. The number of alkyl halides is 3. The van der Waals surface area contributed by atoms with E-state index in [2.05, 4.69) is 15.3 Å². The van der Waals surface area contributed by atoms with Crippen LogP contribution in [-0.4, -0.2) is 43.7 Å². The topological polar surface area (TPSA) is 97.4 Å². The van der Waals surface area contributed by atoms with Gasteiger partial charge in [-0.25, -0.2) is 4.98 Å². The summed E-state index contributed by atoms with van der Waals surface area (Å²) >= 11 is 7.32. The van der Waals surface area contributed by atoms with E-state index >= 15 is 0 Å². The molecule has 3 rings (SSSR count). The number of amidine groups is 1. The fraction of sp³-hybridized carbons (Fsp3) is 0.421. The Balaban J connectivity index is 1.73. The van der Waals surface area contributed by atoms with Crippen molar-refractivity contribution in [2.24, 2.45) is 10.7 Å². The van der Waals surface area contributed by atoms with E-state index in [0.29, 0.717) is 11.6 Å². The molecule has 0 bridgehead atoms. The maximum atomic E-state index is 12.8. The van der Waals surface area contributed by atoms with Crippen LogP contribution in [0.5, 0.6) is 0 Å². The van der Waals surface area contributed by atoms with Gasteiger partial charge in [-0.3, -0.25) is 14.0 Å². The summed E-state index contributed by atoms with van der Waals surface area (Å²) in [6.07, 6.45) is 2.44. The Hall–Kier alpha value is -1.85. The average Bonchev–Trinajstić information content (AvgIpc) is 2.64. The lowest BCUT2D eigenvalue weighted by Crippen LogP contribution is -2.57. The number of hydrogen-bond donors (Lipinski definition) is 2. The van der Waals surface area contributed by atoms with Gasteiger partial charge in [0, 0.05) is 15.8 Å². The first-order chi connectivity index (χ1) is 14.5. The SMILES string of the molecule is CS/C(=C\C(Cl)=C\[C@@H]1CS(=O)C2(CCC2)C(N)=N1)C(=O)Nc1cccc(C(F)(F)F)n1. The van der Waals surface area contributed by atoms with Crippen molar-refractivity contribution < 1.29 is 22.2 Å². The number of hydrogen-bond acceptors (Lipinski definition) is 6. The van der Waals surface area contributed by atoms with Gasteiger partial charge in [0.1, 0.15) is 22.1 Å². The van der Waals surface area contributed by atoms with Gasteiger partial charge < -0.3 is 11.1 Å². The minimum absolute atomic E-state index is 0.157. The van der Waals surface area contributed by atoms with Crippen LogP contribution in [0, 0.1) is 0 Å². The Morgan fingerprint density at radius 3 is 2.68 bits per heavy atom. The van der Waals surface area contributed by atoms with E-state index in [-0.39, 0.29) is 15.8 Å². The first kappa shape index (κ1) is 23.8. The molecule has 1 saturated carbocycles. The van der Waals surface area contributed by atoms with Crippen molar-refractivity contribution in [2.75, 3.05) is 17.3 Å². The summed E-state index contributed by atoms with van der Waals surface area (Å²) in [6.45, 7) is 0. The Bertz CT molecular complexity index is 991. The molecule has 1 fully saturated rings. The van der Waals surface area contributed by atoms with Crippen LogP contribution in [0.4, 0.5) is 19.0 Å². The molecule has 168 valence electrons. The Morgan fingerprint density at radius 1 is 1.42 bits per heavy atom. The zero-order valence-corrected chi connectivity index (χ0v) is 18.8. The normalized spacial score (nSPS) is 23.8. The van der Waals surface area contributed by atoms with Crippen molar-refractivity contribution in [1.29, 1.82) is 0 Å². The summed E-state index contributed by atoms with van der Waals surface area (Å²) in [5, 5.41) is 2.51. The number of carbonyl (C=O) groups is 1. The fourth-order valence-corrected chi connectivity index (χ4v) is 5.88. The predicted octanol–water partition coefficient (Wildman–Crippen LogP) is 3.82. The molecule has 1 spiro atoms. The molecule has 6 nitrogen and oxygen atoms in total. The van der Waals surface area contributed by atoms with Crippen LogP contribution in [-0.2, 0) is 21.8 Å². The molecule has 2 aliphatic rings. The highest BCUT2D eigenvalue weighted by atomic mass is 35.5.